The van der Waals surface area contributed by atoms with Gasteiger partial charge in [0, 0.05) is 23.2 Å². The highest BCUT2D eigenvalue weighted by Crippen LogP contribution is 2.53. The molecule has 1 unspecified atom stereocenters. The van der Waals surface area contributed by atoms with Crippen molar-refractivity contribution in [3.63, 3.8) is 0 Å². The van der Waals surface area contributed by atoms with E-state index >= 15 is 0 Å². The Labute approximate surface area is 184 Å². The smallest absolute Gasteiger partial charge is 0.211 e. The standard InChI is InChI=1S/C22H31ClN4O2S/c1-2-3-15-30(28,29)25-13-14-27-16-17-9-12-24-21(20(17)26-27)22(10-4-11-22)18-5-7-19(23)8-6-18/h5-8,16,21,24-25H,2-4,9-15H2,1H3. The van der Waals surface area contributed by atoms with E-state index in [1.54, 1.807) is 0 Å². The summed E-state index contributed by atoms with van der Waals surface area (Å²) in [7, 11) is -3.20. The number of fused-ring (bicyclic) bond motifs is 1. The van der Waals surface area contributed by atoms with Crippen molar-refractivity contribution in [2.45, 2.75) is 63.5 Å². The van der Waals surface area contributed by atoms with Gasteiger partial charge in [0.15, 0.2) is 0 Å². The lowest BCUT2D eigenvalue weighted by atomic mass is 9.58. The highest BCUT2D eigenvalue weighted by atomic mass is 35.5. The van der Waals surface area contributed by atoms with Gasteiger partial charge in [0.25, 0.3) is 0 Å². The number of hydrogen-bond donors (Lipinski definition) is 2. The minimum Gasteiger partial charge on any atom is -0.307 e. The molecule has 1 saturated carbocycles. The molecule has 1 aromatic heterocycles. The zero-order valence-electron chi connectivity index (χ0n) is 17.5. The first-order valence-electron chi connectivity index (χ1n) is 11.0. The van der Waals surface area contributed by atoms with Crippen molar-refractivity contribution in [1.29, 1.82) is 0 Å². The van der Waals surface area contributed by atoms with Crippen LogP contribution in [0.4, 0.5) is 0 Å². The lowest BCUT2D eigenvalue weighted by molar-refractivity contribution is 0.161. The summed E-state index contributed by atoms with van der Waals surface area (Å²) in [4.78, 5) is 0. The molecule has 2 aromatic rings. The van der Waals surface area contributed by atoms with E-state index in [2.05, 4.69) is 28.4 Å². The van der Waals surface area contributed by atoms with E-state index in [9.17, 15) is 8.42 Å². The Morgan fingerprint density at radius 2 is 2.07 bits per heavy atom. The Kier molecular flexibility index (Phi) is 6.53. The second-order valence-electron chi connectivity index (χ2n) is 8.52. The third kappa shape index (κ3) is 4.44. The fourth-order valence-electron chi connectivity index (χ4n) is 4.74. The van der Waals surface area contributed by atoms with Gasteiger partial charge >= 0.3 is 0 Å². The number of nitrogens with one attached hydrogen (secondary N) is 2. The van der Waals surface area contributed by atoms with Crippen LogP contribution in [-0.2, 0) is 28.4 Å². The van der Waals surface area contributed by atoms with Crippen molar-refractivity contribution in [2.24, 2.45) is 0 Å². The Morgan fingerprint density at radius 1 is 1.30 bits per heavy atom. The molecule has 6 nitrogen and oxygen atoms in total. The number of halogens is 1. The van der Waals surface area contributed by atoms with Crippen LogP contribution in [0.25, 0.3) is 0 Å². The molecule has 30 heavy (non-hydrogen) atoms. The Morgan fingerprint density at radius 3 is 2.73 bits per heavy atom. The average molecular weight is 451 g/mol. The molecule has 0 radical (unpaired) electrons. The Balaban J connectivity index is 1.49. The number of sulfonamides is 1. The molecule has 1 aromatic carbocycles. The van der Waals surface area contributed by atoms with Gasteiger partial charge in [-0.2, -0.15) is 5.10 Å². The van der Waals surface area contributed by atoms with Gasteiger partial charge in [0.1, 0.15) is 0 Å². The first-order chi connectivity index (χ1) is 14.4. The van der Waals surface area contributed by atoms with Crippen LogP contribution < -0.4 is 10.0 Å². The summed E-state index contributed by atoms with van der Waals surface area (Å²) >= 11 is 6.12. The van der Waals surface area contributed by atoms with Crippen molar-refractivity contribution >= 4 is 21.6 Å². The number of rotatable bonds is 9. The second kappa shape index (κ2) is 8.99. The van der Waals surface area contributed by atoms with Gasteiger partial charge in [0.05, 0.1) is 24.0 Å². The molecule has 0 bridgehead atoms. The summed E-state index contributed by atoms with van der Waals surface area (Å²) < 4.78 is 28.7. The molecule has 2 N–H and O–H groups in total. The predicted molar refractivity (Wildman–Crippen MR) is 120 cm³/mol. The van der Waals surface area contributed by atoms with Crippen LogP contribution in [0.15, 0.2) is 30.5 Å². The van der Waals surface area contributed by atoms with E-state index in [1.165, 1.54) is 17.5 Å². The highest BCUT2D eigenvalue weighted by Gasteiger charge is 2.48. The van der Waals surface area contributed by atoms with Crippen LogP contribution in [0.3, 0.4) is 0 Å². The maximum atomic E-state index is 12.0. The summed E-state index contributed by atoms with van der Waals surface area (Å²) in [6.07, 6.45) is 8.09. The predicted octanol–water partition coefficient (Wildman–Crippen LogP) is 3.56. The first kappa shape index (κ1) is 21.8. The molecular weight excluding hydrogens is 420 g/mol. The molecule has 1 aliphatic carbocycles. The van der Waals surface area contributed by atoms with E-state index in [4.69, 9.17) is 16.7 Å². The van der Waals surface area contributed by atoms with Gasteiger partial charge in [-0.05, 0) is 55.5 Å². The fraction of sp³-hybridized carbons (Fsp3) is 0.591. The van der Waals surface area contributed by atoms with E-state index in [1.807, 2.05) is 23.7 Å². The lowest BCUT2D eigenvalue weighted by Crippen LogP contribution is -2.49. The summed E-state index contributed by atoms with van der Waals surface area (Å²) in [5.41, 5.74) is 3.76. The summed E-state index contributed by atoms with van der Waals surface area (Å²) in [6.45, 7) is 3.83. The molecule has 2 aliphatic rings. The Bertz CT molecular complexity index is 968. The van der Waals surface area contributed by atoms with Crippen molar-refractivity contribution in [1.82, 2.24) is 19.8 Å². The van der Waals surface area contributed by atoms with Crippen LogP contribution in [-0.4, -0.2) is 37.0 Å². The molecule has 0 saturated heterocycles. The van der Waals surface area contributed by atoms with Gasteiger partial charge in [-0.25, -0.2) is 13.1 Å². The number of hydrogen-bond acceptors (Lipinski definition) is 4. The van der Waals surface area contributed by atoms with E-state index < -0.39 is 10.0 Å². The molecule has 164 valence electrons. The Hall–Kier alpha value is -1.41. The zero-order chi connectivity index (χ0) is 21.2. The van der Waals surface area contributed by atoms with E-state index in [0.29, 0.717) is 19.5 Å². The monoisotopic (exact) mass is 450 g/mol. The zero-order valence-corrected chi connectivity index (χ0v) is 19.1. The van der Waals surface area contributed by atoms with Crippen LogP contribution in [0.2, 0.25) is 5.02 Å². The third-order valence-electron chi connectivity index (χ3n) is 6.53. The van der Waals surface area contributed by atoms with Crippen LogP contribution >= 0.6 is 11.6 Å². The normalized spacial score (nSPS) is 20.5. The van der Waals surface area contributed by atoms with Crippen molar-refractivity contribution in [3.8, 4) is 0 Å². The summed E-state index contributed by atoms with van der Waals surface area (Å²) in [5.74, 6) is 0.189. The molecule has 4 rings (SSSR count). The van der Waals surface area contributed by atoms with Gasteiger partial charge in [-0.3, -0.25) is 4.68 Å². The quantitative estimate of drug-likeness (QED) is 0.612. The molecule has 1 atom stereocenters. The van der Waals surface area contributed by atoms with Crippen molar-refractivity contribution < 1.29 is 8.42 Å². The number of benzene rings is 1. The van der Waals surface area contributed by atoms with Gasteiger partial charge in [-0.1, -0.05) is 43.5 Å². The van der Waals surface area contributed by atoms with Gasteiger partial charge in [-0.15, -0.1) is 0 Å². The minimum atomic E-state index is -3.20. The van der Waals surface area contributed by atoms with E-state index in [-0.39, 0.29) is 17.2 Å². The molecular formula is C22H31ClN4O2S. The van der Waals surface area contributed by atoms with Crippen LogP contribution in [0, 0.1) is 0 Å². The number of nitrogens with zero attached hydrogens (tertiary/aromatic N) is 2. The van der Waals surface area contributed by atoms with Crippen molar-refractivity contribution in [2.75, 3.05) is 18.8 Å². The second-order valence-corrected chi connectivity index (χ2v) is 10.9. The minimum absolute atomic E-state index is 0.0562. The summed E-state index contributed by atoms with van der Waals surface area (Å²) in [6, 6.07) is 8.44. The molecule has 1 fully saturated rings. The maximum Gasteiger partial charge on any atom is 0.211 e. The first-order valence-corrected chi connectivity index (χ1v) is 13.0. The van der Waals surface area contributed by atoms with E-state index in [0.717, 1.165) is 42.9 Å². The fourth-order valence-corrected chi connectivity index (χ4v) is 6.08. The number of aromatic nitrogens is 2. The van der Waals surface area contributed by atoms with Gasteiger partial charge < -0.3 is 5.32 Å². The maximum absolute atomic E-state index is 12.0. The van der Waals surface area contributed by atoms with Crippen molar-refractivity contribution in [3.05, 3.63) is 52.3 Å². The highest BCUT2D eigenvalue weighted by molar-refractivity contribution is 7.89. The summed E-state index contributed by atoms with van der Waals surface area (Å²) in [5, 5.41) is 9.39. The largest absolute Gasteiger partial charge is 0.307 e. The molecule has 1 aliphatic heterocycles. The van der Waals surface area contributed by atoms with Gasteiger partial charge in [0.2, 0.25) is 10.0 Å². The average Bonchev–Trinajstić information content (AvgIpc) is 3.10. The third-order valence-corrected chi connectivity index (χ3v) is 8.26. The molecule has 2 heterocycles. The SMILES string of the molecule is CCCCS(=O)(=O)NCCn1cc2c(n1)C(C1(c3ccc(Cl)cc3)CCC1)NCC2. The lowest BCUT2D eigenvalue weighted by Gasteiger charge is -2.49. The van der Waals surface area contributed by atoms with Crippen LogP contribution in [0.5, 0.6) is 0 Å². The van der Waals surface area contributed by atoms with Crippen LogP contribution in [0.1, 0.15) is 61.9 Å². The molecule has 8 heteroatoms. The molecule has 0 spiro atoms. The topological polar surface area (TPSA) is 76.0 Å². The number of unbranched alkanes of at least 4 members (excludes halogenated alkanes) is 1. The molecule has 0 amide bonds.